The molecule has 2 N–H and O–H groups in total. The topological polar surface area (TPSA) is 41.1 Å². The maximum atomic E-state index is 12.4. The van der Waals surface area contributed by atoms with Gasteiger partial charge < -0.3 is 10.6 Å². The summed E-state index contributed by atoms with van der Waals surface area (Å²) in [4.78, 5) is 12.4. The Labute approximate surface area is 124 Å². The Morgan fingerprint density at radius 3 is 1.95 bits per heavy atom. The average Bonchev–Trinajstić information content (AvgIpc) is 2.79. The van der Waals surface area contributed by atoms with Gasteiger partial charge >= 0.3 is 0 Å². The molecule has 0 spiro atoms. The zero-order chi connectivity index (χ0) is 15.0. The molecule has 0 aromatic rings. The molecule has 20 heavy (non-hydrogen) atoms. The van der Waals surface area contributed by atoms with Crippen LogP contribution in [0.1, 0.15) is 66.7 Å². The van der Waals surface area contributed by atoms with Crippen LogP contribution in [0, 0.1) is 16.7 Å². The summed E-state index contributed by atoms with van der Waals surface area (Å²) < 4.78 is 0. The predicted octanol–water partition coefficient (Wildman–Crippen LogP) is 3.10. The van der Waals surface area contributed by atoms with Crippen LogP contribution in [0.4, 0.5) is 0 Å². The molecular formula is C17H32N2O. The zero-order valence-corrected chi connectivity index (χ0v) is 13.9. The summed E-state index contributed by atoms with van der Waals surface area (Å²) in [5.41, 5.74) is 0.300. The maximum absolute atomic E-state index is 12.4. The molecule has 0 aromatic carbocycles. The van der Waals surface area contributed by atoms with E-state index in [-0.39, 0.29) is 22.7 Å². The fourth-order valence-electron chi connectivity index (χ4n) is 3.93. The molecule has 0 bridgehead atoms. The summed E-state index contributed by atoms with van der Waals surface area (Å²) in [6.07, 6.45) is 5.84. The fourth-order valence-corrected chi connectivity index (χ4v) is 3.93. The Kier molecular flexibility index (Phi) is 4.48. The van der Waals surface area contributed by atoms with Crippen molar-refractivity contribution in [3.05, 3.63) is 0 Å². The number of hydrogen-bond acceptors (Lipinski definition) is 2. The molecule has 0 aromatic heterocycles. The van der Waals surface area contributed by atoms with Crippen molar-refractivity contribution in [2.75, 3.05) is 6.54 Å². The van der Waals surface area contributed by atoms with Crippen LogP contribution in [0.2, 0.25) is 0 Å². The van der Waals surface area contributed by atoms with E-state index in [1.54, 1.807) is 0 Å². The minimum absolute atomic E-state index is 0.150. The van der Waals surface area contributed by atoms with E-state index in [2.05, 4.69) is 45.3 Å². The molecule has 3 nitrogen and oxygen atoms in total. The van der Waals surface area contributed by atoms with Gasteiger partial charge in [0.05, 0.1) is 0 Å². The van der Waals surface area contributed by atoms with Crippen LogP contribution < -0.4 is 10.6 Å². The highest BCUT2D eigenvalue weighted by molar-refractivity contribution is 5.84. The Hall–Kier alpha value is -0.570. The summed E-state index contributed by atoms with van der Waals surface area (Å²) in [5, 5.41) is 6.90. The molecule has 1 amide bonds. The molecule has 0 heterocycles. The highest BCUT2D eigenvalue weighted by Crippen LogP contribution is 2.68. The van der Waals surface area contributed by atoms with Gasteiger partial charge in [-0.1, -0.05) is 34.6 Å². The average molecular weight is 280 g/mol. The van der Waals surface area contributed by atoms with Crippen LogP contribution in [-0.4, -0.2) is 24.5 Å². The molecule has 2 aliphatic rings. The molecule has 3 heteroatoms. The van der Waals surface area contributed by atoms with Crippen molar-refractivity contribution in [3.8, 4) is 0 Å². The van der Waals surface area contributed by atoms with Crippen LogP contribution in [0.3, 0.4) is 0 Å². The lowest BCUT2D eigenvalue weighted by Gasteiger charge is -2.30. The van der Waals surface area contributed by atoms with Crippen molar-refractivity contribution in [2.45, 2.75) is 78.8 Å². The third kappa shape index (κ3) is 2.88. The summed E-state index contributed by atoms with van der Waals surface area (Å²) in [5.74, 6) is 0.468. The highest BCUT2D eigenvalue weighted by atomic mass is 16.2. The number of rotatable bonds is 5. The Bertz CT molecular complexity index is 340. The van der Waals surface area contributed by atoms with E-state index in [1.807, 2.05) is 0 Å². The van der Waals surface area contributed by atoms with Crippen molar-refractivity contribution in [1.82, 2.24) is 10.6 Å². The highest BCUT2D eigenvalue weighted by Gasteiger charge is 2.68. The second-order valence-corrected chi connectivity index (χ2v) is 7.89. The molecule has 116 valence electrons. The fraction of sp³-hybridized carbons (Fsp3) is 0.941. The van der Waals surface area contributed by atoms with E-state index >= 15 is 0 Å². The number of amides is 1. The first-order valence-corrected chi connectivity index (χ1v) is 8.34. The lowest BCUT2D eigenvalue weighted by molar-refractivity contribution is -0.124. The van der Waals surface area contributed by atoms with Gasteiger partial charge in [-0.3, -0.25) is 4.79 Å². The van der Waals surface area contributed by atoms with Crippen molar-refractivity contribution < 1.29 is 4.79 Å². The van der Waals surface area contributed by atoms with Crippen molar-refractivity contribution in [1.29, 1.82) is 0 Å². The Balaban J connectivity index is 1.75. The van der Waals surface area contributed by atoms with Gasteiger partial charge in [0, 0.05) is 18.0 Å². The van der Waals surface area contributed by atoms with Crippen molar-refractivity contribution in [2.24, 2.45) is 16.7 Å². The van der Waals surface area contributed by atoms with E-state index in [0.717, 1.165) is 19.4 Å². The largest absolute Gasteiger partial charge is 0.353 e. The standard InChI is InChI=1S/C17H32N2O/c1-6-11-18-12-7-9-13(10-8-12)19-15(20)14-16(2,3)17(14,4)5/h12-14,18H,6-11H2,1-5H3,(H,19,20). The van der Waals surface area contributed by atoms with Gasteiger partial charge in [-0.15, -0.1) is 0 Å². The Morgan fingerprint density at radius 1 is 1.00 bits per heavy atom. The SMILES string of the molecule is CCCNC1CCC(NC(=O)C2C(C)(C)C2(C)C)CC1. The predicted molar refractivity (Wildman–Crippen MR) is 83.5 cm³/mol. The lowest BCUT2D eigenvalue weighted by atomic mass is 9.91. The molecule has 2 aliphatic carbocycles. The maximum Gasteiger partial charge on any atom is 0.224 e. The van der Waals surface area contributed by atoms with Gasteiger partial charge in [0.2, 0.25) is 5.91 Å². The van der Waals surface area contributed by atoms with Gasteiger partial charge in [0.25, 0.3) is 0 Å². The van der Waals surface area contributed by atoms with Crippen LogP contribution in [0.15, 0.2) is 0 Å². The minimum Gasteiger partial charge on any atom is -0.353 e. The van der Waals surface area contributed by atoms with Crippen molar-refractivity contribution in [3.63, 3.8) is 0 Å². The van der Waals surface area contributed by atoms with Gasteiger partial charge in [-0.05, 0) is 49.5 Å². The van der Waals surface area contributed by atoms with Gasteiger partial charge in [0.1, 0.15) is 0 Å². The normalized spacial score (nSPS) is 31.9. The number of nitrogens with one attached hydrogen (secondary N) is 2. The number of carbonyl (C=O) groups excluding carboxylic acids is 1. The summed E-state index contributed by atoms with van der Waals surface area (Å²) in [6.45, 7) is 12.2. The Morgan fingerprint density at radius 2 is 1.50 bits per heavy atom. The van der Waals surface area contributed by atoms with Gasteiger partial charge in [-0.2, -0.15) is 0 Å². The molecule has 2 rings (SSSR count). The zero-order valence-electron chi connectivity index (χ0n) is 13.9. The van der Waals surface area contributed by atoms with Crippen molar-refractivity contribution >= 4 is 5.91 Å². The van der Waals surface area contributed by atoms with Crippen LogP contribution >= 0.6 is 0 Å². The molecule has 2 fully saturated rings. The first-order chi connectivity index (χ1) is 9.30. The minimum atomic E-state index is 0.150. The van der Waals surface area contributed by atoms with Gasteiger partial charge in [-0.25, -0.2) is 0 Å². The third-order valence-corrected chi connectivity index (χ3v) is 6.04. The van der Waals surface area contributed by atoms with Crippen LogP contribution in [0.25, 0.3) is 0 Å². The monoisotopic (exact) mass is 280 g/mol. The van der Waals surface area contributed by atoms with E-state index in [9.17, 15) is 4.79 Å². The molecular weight excluding hydrogens is 248 g/mol. The first-order valence-electron chi connectivity index (χ1n) is 8.34. The molecule has 0 unspecified atom stereocenters. The van der Waals surface area contributed by atoms with E-state index in [4.69, 9.17) is 0 Å². The van der Waals surface area contributed by atoms with Crippen LogP contribution in [0.5, 0.6) is 0 Å². The second-order valence-electron chi connectivity index (χ2n) is 7.89. The lowest BCUT2D eigenvalue weighted by Crippen LogP contribution is -2.43. The summed E-state index contributed by atoms with van der Waals surface area (Å²) >= 11 is 0. The second kappa shape index (κ2) is 5.67. The summed E-state index contributed by atoms with van der Waals surface area (Å²) in [6, 6.07) is 1.06. The van der Waals surface area contributed by atoms with E-state index in [0.29, 0.717) is 12.1 Å². The van der Waals surface area contributed by atoms with E-state index < -0.39 is 0 Å². The number of hydrogen-bond donors (Lipinski definition) is 2. The quantitative estimate of drug-likeness (QED) is 0.812. The smallest absolute Gasteiger partial charge is 0.224 e. The third-order valence-electron chi connectivity index (χ3n) is 6.04. The summed E-state index contributed by atoms with van der Waals surface area (Å²) in [7, 11) is 0. The van der Waals surface area contributed by atoms with E-state index in [1.165, 1.54) is 19.3 Å². The first kappa shape index (κ1) is 15.8. The number of carbonyl (C=O) groups is 1. The molecule has 0 atom stereocenters. The van der Waals surface area contributed by atoms with Crippen LogP contribution in [-0.2, 0) is 4.79 Å². The molecule has 0 aliphatic heterocycles. The molecule has 0 radical (unpaired) electrons. The van der Waals surface area contributed by atoms with Gasteiger partial charge in [0.15, 0.2) is 0 Å². The molecule has 2 saturated carbocycles. The molecule has 0 saturated heterocycles.